The van der Waals surface area contributed by atoms with Crippen molar-refractivity contribution in [2.24, 2.45) is 14.6 Å². The largest absolute Gasteiger partial charge is 0.352 e. The van der Waals surface area contributed by atoms with Gasteiger partial charge in [-0.05, 0) is 53.9 Å². The molecule has 35 heavy (non-hydrogen) atoms. The number of anilines is 1. The zero-order valence-corrected chi connectivity index (χ0v) is 19.8. The van der Waals surface area contributed by atoms with Gasteiger partial charge in [0.05, 0.1) is 22.8 Å². The molecule has 1 heterocycles. The number of fused-ring (bicyclic) bond motifs is 1. The molecule has 0 unspecified atom stereocenters. The number of ketones is 1. The predicted octanol–water partition coefficient (Wildman–Crippen LogP) is 6.53. The van der Waals surface area contributed by atoms with Gasteiger partial charge in [0.1, 0.15) is 4.21 Å². The van der Waals surface area contributed by atoms with Crippen LogP contribution in [0.1, 0.15) is 15.9 Å². The molecule has 1 aromatic heterocycles. The first-order valence-electron chi connectivity index (χ1n) is 10.6. The summed E-state index contributed by atoms with van der Waals surface area (Å²) in [6.45, 7) is 0. The maximum absolute atomic E-state index is 13.1. The van der Waals surface area contributed by atoms with Crippen LogP contribution in [0.3, 0.4) is 0 Å². The highest BCUT2D eigenvalue weighted by molar-refractivity contribution is 7.92. The molecule has 4 aromatic rings. The van der Waals surface area contributed by atoms with Gasteiger partial charge in [0.2, 0.25) is 5.78 Å². The summed E-state index contributed by atoms with van der Waals surface area (Å²) in [6.07, 6.45) is 1.47. The standard InChI is InChI=1S/C26H18N4O3S2/c31-26-22-10-5-4-9-21(22)23(30-35(32,33)25-11-6-16-34-25)17-24(26)27-18-12-14-20(15-13-18)29-28-19-7-2-1-3-8-19/h1-17,27H/b29-28?,30-23-. The summed E-state index contributed by atoms with van der Waals surface area (Å²) in [5.41, 5.74) is 3.31. The minimum absolute atomic E-state index is 0.141. The molecule has 5 rings (SSSR count). The topological polar surface area (TPSA) is 100 Å². The van der Waals surface area contributed by atoms with Gasteiger partial charge in [0, 0.05) is 16.8 Å². The number of nitrogens with zero attached hydrogens (tertiary/aromatic N) is 3. The molecule has 0 spiro atoms. The van der Waals surface area contributed by atoms with Gasteiger partial charge in [-0.2, -0.15) is 23.0 Å². The zero-order chi connectivity index (χ0) is 24.3. The van der Waals surface area contributed by atoms with Crippen molar-refractivity contribution in [1.82, 2.24) is 0 Å². The van der Waals surface area contributed by atoms with Crippen LogP contribution in [0.4, 0.5) is 17.1 Å². The second kappa shape index (κ2) is 9.57. The number of allylic oxidation sites excluding steroid dienone is 2. The number of nitrogens with one attached hydrogen (secondary N) is 1. The lowest BCUT2D eigenvalue weighted by Crippen LogP contribution is -2.22. The Bertz CT molecular complexity index is 1570. The van der Waals surface area contributed by atoms with Crippen molar-refractivity contribution in [1.29, 1.82) is 0 Å². The van der Waals surface area contributed by atoms with E-state index < -0.39 is 10.0 Å². The lowest BCUT2D eigenvalue weighted by Gasteiger charge is -2.18. The molecule has 3 aromatic carbocycles. The third-order valence-electron chi connectivity index (χ3n) is 5.12. The molecule has 1 aliphatic rings. The Morgan fingerprint density at radius 3 is 2.06 bits per heavy atom. The van der Waals surface area contributed by atoms with Crippen LogP contribution in [0.15, 0.2) is 127 Å². The molecule has 1 N–H and O–H groups in total. The number of rotatable bonds is 6. The van der Waals surface area contributed by atoms with Gasteiger partial charge in [-0.3, -0.25) is 4.79 Å². The van der Waals surface area contributed by atoms with E-state index in [1.54, 1.807) is 60.0 Å². The van der Waals surface area contributed by atoms with E-state index in [0.717, 1.165) is 17.0 Å². The molecule has 0 atom stereocenters. The number of Topliss-reactive ketones (excluding diaryl/α,β-unsaturated/α-hetero) is 1. The van der Waals surface area contributed by atoms with Crippen LogP contribution in [-0.4, -0.2) is 19.9 Å². The maximum atomic E-state index is 13.1. The van der Waals surface area contributed by atoms with E-state index in [1.165, 1.54) is 12.1 Å². The van der Waals surface area contributed by atoms with Crippen LogP contribution in [0.25, 0.3) is 0 Å². The Labute approximate surface area is 206 Å². The molecule has 0 amide bonds. The van der Waals surface area contributed by atoms with E-state index in [0.29, 0.717) is 22.5 Å². The fourth-order valence-corrected chi connectivity index (χ4v) is 5.42. The second-order valence-electron chi connectivity index (χ2n) is 7.52. The number of carbonyl (C=O) groups is 1. The highest BCUT2D eigenvalue weighted by Gasteiger charge is 2.26. The zero-order valence-electron chi connectivity index (χ0n) is 18.2. The number of hydrogen-bond donors (Lipinski definition) is 1. The minimum atomic E-state index is -3.91. The first-order chi connectivity index (χ1) is 17.0. The lowest BCUT2D eigenvalue weighted by molar-refractivity contribution is 0.103. The Hall–Kier alpha value is -4.21. The first-order valence-corrected chi connectivity index (χ1v) is 12.9. The Morgan fingerprint density at radius 1 is 0.714 bits per heavy atom. The highest BCUT2D eigenvalue weighted by Crippen LogP contribution is 2.27. The predicted molar refractivity (Wildman–Crippen MR) is 138 cm³/mol. The summed E-state index contributed by atoms with van der Waals surface area (Å²) < 4.78 is 29.8. The SMILES string of the molecule is O=C1C(Nc2ccc(N=Nc3ccccc3)cc2)=C/C(=N/S(=O)(=O)c2cccs2)c2ccccc21. The fraction of sp³-hybridized carbons (Fsp3) is 0. The van der Waals surface area contributed by atoms with Crippen molar-refractivity contribution in [3.05, 3.63) is 119 Å². The number of sulfonamides is 1. The van der Waals surface area contributed by atoms with Crippen molar-refractivity contribution in [2.45, 2.75) is 4.21 Å². The van der Waals surface area contributed by atoms with Crippen molar-refractivity contribution in [3.63, 3.8) is 0 Å². The summed E-state index contributed by atoms with van der Waals surface area (Å²) in [5, 5.41) is 13.2. The van der Waals surface area contributed by atoms with E-state index in [2.05, 4.69) is 19.9 Å². The third kappa shape index (κ3) is 5.01. The monoisotopic (exact) mass is 498 g/mol. The van der Waals surface area contributed by atoms with Crippen LogP contribution in [0.2, 0.25) is 0 Å². The Morgan fingerprint density at radius 2 is 1.37 bits per heavy atom. The van der Waals surface area contributed by atoms with Gasteiger partial charge in [0.25, 0.3) is 10.0 Å². The molecule has 7 nitrogen and oxygen atoms in total. The van der Waals surface area contributed by atoms with Gasteiger partial charge >= 0.3 is 0 Å². The summed E-state index contributed by atoms with van der Waals surface area (Å²) in [5.74, 6) is -0.249. The smallest absolute Gasteiger partial charge is 0.292 e. The van der Waals surface area contributed by atoms with Crippen LogP contribution >= 0.6 is 11.3 Å². The molecule has 0 fully saturated rings. The van der Waals surface area contributed by atoms with Gasteiger partial charge < -0.3 is 5.32 Å². The van der Waals surface area contributed by atoms with Crippen LogP contribution in [0, 0.1) is 0 Å². The molecule has 0 saturated heterocycles. The van der Waals surface area contributed by atoms with E-state index in [1.807, 2.05) is 30.3 Å². The summed E-state index contributed by atoms with van der Waals surface area (Å²) in [7, 11) is -3.91. The van der Waals surface area contributed by atoms with Gasteiger partial charge in [-0.15, -0.1) is 11.3 Å². The molecule has 9 heteroatoms. The molecule has 0 aliphatic heterocycles. The minimum Gasteiger partial charge on any atom is -0.352 e. The van der Waals surface area contributed by atoms with Crippen LogP contribution < -0.4 is 5.32 Å². The quantitative estimate of drug-likeness (QED) is 0.305. The van der Waals surface area contributed by atoms with Crippen molar-refractivity contribution >= 4 is 49.9 Å². The average molecular weight is 499 g/mol. The van der Waals surface area contributed by atoms with Gasteiger partial charge in [-0.1, -0.05) is 48.5 Å². The molecule has 0 saturated carbocycles. The maximum Gasteiger partial charge on any atom is 0.292 e. The molecule has 172 valence electrons. The average Bonchev–Trinajstić information content (AvgIpc) is 3.43. The van der Waals surface area contributed by atoms with Gasteiger partial charge in [0.15, 0.2) is 0 Å². The first kappa shape index (κ1) is 22.6. The summed E-state index contributed by atoms with van der Waals surface area (Å²) in [6, 6.07) is 26.5. The number of benzene rings is 3. The highest BCUT2D eigenvalue weighted by atomic mass is 32.2. The van der Waals surface area contributed by atoms with Crippen LogP contribution in [0.5, 0.6) is 0 Å². The van der Waals surface area contributed by atoms with E-state index in [4.69, 9.17) is 0 Å². The van der Waals surface area contributed by atoms with E-state index in [9.17, 15) is 13.2 Å². The molecule has 0 radical (unpaired) electrons. The lowest BCUT2D eigenvalue weighted by atomic mass is 9.92. The van der Waals surface area contributed by atoms with Crippen LogP contribution in [-0.2, 0) is 10.0 Å². The van der Waals surface area contributed by atoms with Crippen molar-refractivity contribution in [2.75, 3.05) is 5.32 Å². The summed E-state index contributed by atoms with van der Waals surface area (Å²) in [4.78, 5) is 13.1. The normalized spacial score (nSPS) is 14.7. The number of thiophene rings is 1. The summed E-state index contributed by atoms with van der Waals surface area (Å²) >= 11 is 1.09. The number of azo groups is 1. The second-order valence-corrected chi connectivity index (χ2v) is 10.3. The Kier molecular flexibility index (Phi) is 6.17. The molecular weight excluding hydrogens is 480 g/mol. The van der Waals surface area contributed by atoms with Gasteiger partial charge in [-0.25, -0.2) is 0 Å². The number of hydrogen-bond acceptors (Lipinski definition) is 7. The molecule has 1 aliphatic carbocycles. The van der Waals surface area contributed by atoms with E-state index >= 15 is 0 Å². The molecular formula is C26H18N4O3S2. The number of carbonyl (C=O) groups excluding carboxylic acids is 1. The third-order valence-corrected chi connectivity index (χ3v) is 7.79. The molecule has 0 bridgehead atoms. The fourth-order valence-electron chi connectivity index (χ4n) is 3.46. The Balaban J connectivity index is 1.44. The van der Waals surface area contributed by atoms with E-state index in [-0.39, 0.29) is 21.4 Å². The van der Waals surface area contributed by atoms with Crippen molar-refractivity contribution in [3.8, 4) is 0 Å². The van der Waals surface area contributed by atoms with Crippen molar-refractivity contribution < 1.29 is 13.2 Å².